The second-order valence-electron chi connectivity index (χ2n) is 4.31. The zero-order chi connectivity index (χ0) is 11.1. The lowest BCUT2D eigenvalue weighted by atomic mass is 9.97. The maximum atomic E-state index is 11.5. The van der Waals surface area contributed by atoms with Crippen LogP contribution >= 0.6 is 0 Å². The molecular formula is C12H13N3O. The van der Waals surface area contributed by atoms with Crippen molar-refractivity contribution in [2.75, 3.05) is 13.6 Å². The highest BCUT2D eigenvalue weighted by Gasteiger charge is 2.22. The van der Waals surface area contributed by atoms with Gasteiger partial charge in [0.15, 0.2) is 0 Å². The third-order valence-corrected chi connectivity index (χ3v) is 3.15. The van der Waals surface area contributed by atoms with Gasteiger partial charge in [-0.1, -0.05) is 12.1 Å². The first-order valence-electron chi connectivity index (χ1n) is 5.40. The normalized spacial score (nSPS) is 22.4. The van der Waals surface area contributed by atoms with Crippen LogP contribution in [0.5, 0.6) is 0 Å². The number of nitrogens with one attached hydrogen (secondary N) is 1. The standard InChI is InChI=1S/C12H13N3O/c1-15-7-10(6-14-15)8-2-3-9-5-13-12(16)11(9)4-8/h2-4,6,10H,5,7H2,1H3,(H,13,16). The molecule has 0 aliphatic carbocycles. The minimum absolute atomic E-state index is 0.0418. The van der Waals surface area contributed by atoms with Gasteiger partial charge in [0.05, 0.1) is 0 Å². The Hall–Kier alpha value is -1.84. The molecule has 0 spiro atoms. The summed E-state index contributed by atoms with van der Waals surface area (Å²) in [6.07, 6.45) is 1.94. The Kier molecular flexibility index (Phi) is 1.96. The van der Waals surface area contributed by atoms with Gasteiger partial charge in [-0.15, -0.1) is 0 Å². The van der Waals surface area contributed by atoms with Gasteiger partial charge in [-0.05, 0) is 17.2 Å². The molecule has 0 saturated heterocycles. The van der Waals surface area contributed by atoms with Gasteiger partial charge in [-0.2, -0.15) is 5.10 Å². The number of amides is 1. The smallest absolute Gasteiger partial charge is 0.251 e. The van der Waals surface area contributed by atoms with Gasteiger partial charge in [-0.3, -0.25) is 9.80 Å². The average molecular weight is 215 g/mol. The van der Waals surface area contributed by atoms with Crippen molar-refractivity contribution in [3.05, 3.63) is 34.9 Å². The van der Waals surface area contributed by atoms with E-state index in [0.29, 0.717) is 12.5 Å². The maximum absolute atomic E-state index is 11.5. The van der Waals surface area contributed by atoms with Crippen LogP contribution in [0.2, 0.25) is 0 Å². The van der Waals surface area contributed by atoms with Crippen LogP contribution < -0.4 is 5.32 Å². The molecule has 1 unspecified atom stereocenters. The molecule has 0 fully saturated rings. The molecule has 0 aromatic heterocycles. The molecular weight excluding hydrogens is 202 g/mol. The highest BCUT2D eigenvalue weighted by atomic mass is 16.1. The van der Waals surface area contributed by atoms with Crippen molar-refractivity contribution in [3.63, 3.8) is 0 Å². The monoisotopic (exact) mass is 215 g/mol. The first-order chi connectivity index (χ1) is 7.74. The van der Waals surface area contributed by atoms with Crippen LogP contribution in [0, 0.1) is 0 Å². The lowest BCUT2D eigenvalue weighted by Gasteiger charge is -2.11. The quantitative estimate of drug-likeness (QED) is 0.758. The summed E-state index contributed by atoms with van der Waals surface area (Å²) in [6.45, 7) is 1.55. The summed E-state index contributed by atoms with van der Waals surface area (Å²) in [7, 11) is 1.95. The summed E-state index contributed by atoms with van der Waals surface area (Å²) in [4.78, 5) is 11.5. The summed E-state index contributed by atoms with van der Waals surface area (Å²) in [5.74, 6) is 0.351. The fourth-order valence-electron chi connectivity index (χ4n) is 2.23. The van der Waals surface area contributed by atoms with E-state index < -0.39 is 0 Å². The molecule has 0 bridgehead atoms. The molecule has 3 rings (SSSR count). The van der Waals surface area contributed by atoms with Gasteiger partial charge >= 0.3 is 0 Å². The molecule has 2 aliphatic rings. The third-order valence-electron chi connectivity index (χ3n) is 3.15. The number of carbonyl (C=O) groups is 1. The van der Waals surface area contributed by atoms with Crippen LogP contribution in [-0.2, 0) is 6.54 Å². The SMILES string of the molecule is CN1CC(c2ccc3c(c2)C(=O)NC3)C=N1. The first kappa shape index (κ1) is 9.39. The molecule has 82 valence electrons. The largest absolute Gasteiger partial charge is 0.348 e. The van der Waals surface area contributed by atoms with Gasteiger partial charge in [0.25, 0.3) is 5.91 Å². The van der Waals surface area contributed by atoms with Gasteiger partial charge in [0.1, 0.15) is 0 Å². The Morgan fingerprint density at radius 2 is 2.38 bits per heavy atom. The van der Waals surface area contributed by atoms with Crippen LogP contribution in [-0.4, -0.2) is 30.7 Å². The number of likely N-dealkylation sites (N-methyl/N-ethyl adjacent to an activating group) is 1. The Morgan fingerprint density at radius 1 is 1.50 bits per heavy atom. The van der Waals surface area contributed by atoms with Gasteiger partial charge in [-0.25, -0.2) is 0 Å². The predicted octanol–water partition coefficient (Wildman–Crippen LogP) is 0.945. The summed E-state index contributed by atoms with van der Waals surface area (Å²) < 4.78 is 0. The second kappa shape index (κ2) is 3.33. The average Bonchev–Trinajstić information content (AvgIpc) is 2.86. The third kappa shape index (κ3) is 1.38. The Bertz CT molecular complexity index is 481. The molecule has 1 N–H and O–H groups in total. The van der Waals surface area contributed by atoms with E-state index in [9.17, 15) is 4.79 Å². The highest BCUT2D eigenvalue weighted by molar-refractivity contribution is 5.98. The number of hydrogen-bond acceptors (Lipinski definition) is 3. The van der Waals surface area contributed by atoms with Gasteiger partial charge in [0.2, 0.25) is 0 Å². The van der Waals surface area contributed by atoms with E-state index in [1.54, 1.807) is 0 Å². The van der Waals surface area contributed by atoms with E-state index in [2.05, 4.69) is 16.5 Å². The molecule has 1 aromatic carbocycles. The van der Waals surface area contributed by atoms with Crippen LogP contribution in [0.15, 0.2) is 23.3 Å². The molecule has 0 radical (unpaired) electrons. The summed E-state index contributed by atoms with van der Waals surface area (Å²) in [6, 6.07) is 6.12. The van der Waals surface area contributed by atoms with Crippen molar-refractivity contribution in [3.8, 4) is 0 Å². The highest BCUT2D eigenvalue weighted by Crippen LogP contribution is 2.24. The zero-order valence-electron chi connectivity index (χ0n) is 9.10. The zero-order valence-corrected chi connectivity index (χ0v) is 9.10. The molecule has 2 aliphatic heterocycles. The number of rotatable bonds is 1. The minimum atomic E-state index is 0.0418. The molecule has 4 heteroatoms. The van der Waals surface area contributed by atoms with Crippen molar-refractivity contribution in [2.45, 2.75) is 12.5 Å². The number of benzene rings is 1. The van der Waals surface area contributed by atoms with E-state index in [-0.39, 0.29) is 5.91 Å². The predicted molar refractivity (Wildman–Crippen MR) is 61.5 cm³/mol. The molecule has 0 saturated carbocycles. The van der Waals surface area contributed by atoms with E-state index in [0.717, 1.165) is 17.7 Å². The Labute approximate surface area is 93.9 Å². The van der Waals surface area contributed by atoms with E-state index in [1.807, 2.05) is 30.4 Å². The number of hydrazone groups is 1. The van der Waals surface area contributed by atoms with Crippen LogP contribution in [0.4, 0.5) is 0 Å². The van der Waals surface area contributed by atoms with Crippen molar-refractivity contribution in [1.82, 2.24) is 10.3 Å². The summed E-state index contributed by atoms with van der Waals surface area (Å²) >= 11 is 0. The molecule has 1 amide bonds. The Balaban J connectivity index is 1.95. The molecule has 1 aromatic rings. The van der Waals surface area contributed by atoms with Gasteiger partial charge in [0, 0.05) is 37.8 Å². The number of fused-ring (bicyclic) bond motifs is 1. The minimum Gasteiger partial charge on any atom is -0.348 e. The van der Waals surface area contributed by atoms with E-state index in [1.165, 1.54) is 5.56 Å². The number of nitrogens with zero attached hydrogens (tertiary/aromatic N) is 2. The van der Waals surface area contributed by atoms with Crippen molar-refractivity contribution >= 4 is 12.1 Å². The summed E-state index contributed by atoms with van der Waals surface area (Å²) in [5, 5.41) is 8.96. The topological polar surface area (TPSA) is 44.7 Å². The molecule has 16 heavy (non-hydrogen) atoms. The van der Waals surface area contributed by atoms with Crippen molar-refractivity contribution in [1.29, 1.82) is 0 Å². The van der Waals surface area contributed by atoms with Crippen LogP contribution in [0.3, 0.4) is 0 Å². The van der Waals surface area contributed by atoms with Crippen molar-refractivity contribution in [2.24, 2.45) is 5.10 Å². The maximum Gasteiger partial charge on any atom is 0.251 e. The molecule has 4 nitrogen and oxygen atoms in total. The Morgan fingerprint density at radius 3 is 3.12 bits per heavy atom. The lowest BCUT2D eigenvalue weighted by molar-refractivity contribution is 0.0965. The number of carbonyl (C=O) groups excluding carboxylic acids is 1. The van der Waals surface area contributed by atoms with E-state index >= 15 is 0 Å². The second-order valence-corrected chi connectivity index (χ2v) is 4.31. The van der Waals surface area contributed by atoms with Gasteiger partial charge < -0.3 is 5.32 Å². The summed E-state index contributed by atoms with van der Waals surface area (Å²) in [5.41, 5.74) is 3.08. The van der Waals surface area contributed by atoms with Crippen LogP contribution in [0.1, 0.15) is 27.4 Å². The molecule has 2 heterocycles. The number of hydrogen-bond donors (Lipinski definition) is 1. The molecule has 1 atom stereocenters. The fraction of sp³-hybridized carbons (Fsp3) is 0.333. The van der Waals surface area contributed by atoms with Crippen LogP contribution in [0.25, 0.3) is 0 Å². The lowest BCUT2D eigenvalue weighted by Crippen LogP contribution is -2.14. The fourth-order valence-corrected chi connectivity index (χ4v) is 2.23. The first-order valence-corrected chi connectivity index (χ1v) is 5.40. The van der Waals surface area contributed by atoms with Crippen molar-refractivity contribution < 1.29 is 4.79 Å². The van der Waals surface area contributed by atoms with E-state index in [4.69, 9.17) is 0 Å².